The summed E-state index contributed by atoms with van der Waals surface area (Å²) >= 11 is 0.678. The highest BCUT2D eigenvalue weighted by atomic mass is 32.2. The number of benzene rings is 4. The normalized spacial score (nSPS) is 11.5. The molecule has 6 aromatic rings. The lowest BCUT2D eigenvalue weighted by molar-refractivity contribution is -0.432. The van der Waals surface area contributed by atoms with Crippen molar-refractivity contribution in [1.29, 1.82) is 0 Å². The van der Waals surface area contributed by atoms with Gasteiger partial charge in [0.2, 0.25) is 23.8 Å². The number of nitrogens with zero attached hydrogens (tertiary/aromatic N) is 8. The molecule has 0 aliphatic heterocycles. The smallest absolute Gasteiger partial charge is 0.323 e. The average Bonchev–Trinajstić information content (AvgIpc) is 3.23. The molecule has 0 radical (unpaired) electrons. The molecule has 324 valence electrons. The largest absolute Gasteiger partial charge is 0.462 e. The Bertz CT molecular complexity index is 2540. The van der Waals surface area contributed by atoms with Gasteiger partial charge in [0.05, 0.1) is 12.0 Å². The van der Waals surface area contributed by atoms with Crippen molar-refractivity contribution in [3.8, 4) is 12.0 Å². The quantitative estimate of drug-likeness (QED) is 0.0136. The van der Waals surface area contributed by atoms with Crippen LogP contribution < -0.4 is 30.7 Å². The second kappa shape index (κ2) is 21.8. The van der Waals surface area contributed by atoms with Crippen molar-refractivity contribution in [1.82, 2.24) is 39.7 Å². The van der Waals surface area contributed by atoms with Crippen LogP contribution in [0.3, 0.4) is 0 Å². The lowest BCUT2D eigenvalue weighted by Gasteiger charge is -2.13. The molecule has 0 saturated carbocycles. The maximum absolute atomic E-state index is 12.7. The molecule has 0 amide bonds. The summed E-state index contributed by atoms with van der Waals surface area (Å²) in [5.74, 6) is 0.639. The van der Waals surface area contributed by atoms with Crippen LogP contribution in [0.2, 0.25) is 0 Å². The minimum Gasteiger partial charge on any atom is -0.462 e. The van der Waals surface area contributed by atoms with Crippen LogP contribution in [0.1, 0.15) is 11.1 Å². The Balaban J connectivity index is 1.25. The number of rotatable bonds is 22. The van der Waals surface area contributed by atoms with Gasteiger partial charge in [0, 0.05) is 40.7 Å². The second-order valence-electron chi connectivity index (χ2n) is 13.6. The van der Waals surface area contributed by atoms with E-state index in [-0.39, 0.29) is 47.1 Å². The fraction of sp³-hybridized carbons (Fsp3) is 0.200. The minimum absolute atomic E-state index is 0.0373. The standard InChI is InChI=1S/C40H44N12O8S2/c1-51(2)21-23-57-39-47-35(41-29-11-7-5-8-12-29)45-37(49-39)43-31-19-17-27(33(25-31)61-60-59-53)15-16-28-18-20-32(26-34(28)62(54,55)56)44-38-46-36(42-30-13-9-6-10-14-30)48-40(50-38)58-24-22-52(3)4/h5-20,25-26,53H,21-24H2,1-4H3,(H,54,55,56)(H2,41,43,45,47,49)(H2,42,44,46,48,50). The van der Waals surface area contributed by atoms with E-state index < -0.39 is 15.0 Å². The van der Waals surface area contributed by atoms with Crippen molar-refractivity contribution in [2.75, 3.05) is 75.8 Å². The molecular formula is C40H44N12O8S2. The van der Waals surface area contributed by atoms with Gasteiger partial charge in [0.15, 0.2) is 0 Å². The molecule has 20 nitrogen and oxygen atoms in total. The van der Waals surface area contributed by atoms with E-state index in [4.69, 9.17) is 19.1 Å². The molecule has 0 aliphatic rings. The van der Waals surface area contributed by atoms with Crippen molar-refractivity contribution < 1.29 is 37.1 Å². The molecule has 0 spiro atoms. The summed E-state index contributed by atoms with van der Waals surface area (Å²) in [6.07, 6.45) is 3.09. The molecule has 6 rings (SSSR count). The summed E-state index contributed by atoms with van der Waals surface area (Å²) < 4.78 is 52.2. The van der Waals surface area contributed by atoms with E-state index in [1.807, 2.05) is 98.7 Å². The third-order valence-electron chi connectivity index (χ3n) is 8.24. The maximum Gasteiger partial charge on any atom is 0.323 e. The Morgan fingerprint density at radius 1 is 0.597 bits per heavy atom. The first kappa shape index (κ1) is 45.0. The molecule has 0 saturated heterocycles. The number of hydrogen-bond acceptors (Lipinski definition) is 20. The van der Waals surface area contributed by atoms with Gasteiger partial charge in [-0.05, 0) is 87.8 Å². The Kier molecular flexibility index (Phi) is 15.9. The number of anilines is 8. The van der Waals surface area contributed by atoms with E-state index in [1.165, 1.54) is 18.2 Å². The van der Waals surface area contributed by atoms with Crippen LogP contribution >= 0.6 is 12.0 Å². The van der Waals surface area contributed by atoms with Crippen LogP contribution in [0.15, 0.2) is 107 Å². The average molecular weight is 885 g/mol. The lowest BCUT2D eigenvalue weighted by atomic mass is 10.1. The summed E-state index contributed by atoms with van der Waals surface area (Å²) in [4.78, 5) is 30.4. The molecule has 4 aromatic carbocycles. The van der Waals surface area contributed by atoms with Crippen molar-refractivity contribution in [2.24, 2.45) is 0 Å². The molecule has 6 N–H and O–H groups in total. The molecule has 2 heterocycles. The van der Waals surface area contributed by atoms with Gasteiger partial charge in [0.25, 0.3) is 10.1 Å². The highest BCUT2D eigenvalue weighted by molar-refractivity contribution is 7.94. The Morgan fingerprint density at radius 3 is 1.48 bits per heavy atom. The van der Waals surface area contributed by atoms with E-state index in [0.29, 0.717) is 54.5 Å². The fourth-order valence-corrected chi connectivity index (χ4v) is 6.51. The van der Waals surface area contributed by atoms with Gasteiger partial charge in [-0.1, -0.05) is 65.7 Å². The van der Waals surface area contributed by atoms with E-state index in [1.54, 1.807) is 30.3 Å². The summed E-state index contributed by atoms with van der Waals surface area (Å²) in [6, 6.07) is 28.2. The van der Waals surface area contributed by atoms with Crippen LogP contribution in [-0.2, 0) is 19.5 Å². The van der Waals surface area contributed by atoms with E-state index in [2.05, 4.69) is 56.2 Å². The highest BCUT2D eigenvalue weighted by Crippen LogP contribution is 2.32. The number of aromatic nitrogens is 6. The molecule has 2 aromatic heterocycles. The summed E-state index contributed by atoms with van der Waals surface area (Å²) in [7, 11) is 2.91. The second-order valence-corrected chi connectivity index (χ2v) is 15.7. The number of nitrogens with one attached hydrogen (secondary N) is 4. The first-order valence-electron chi connectivity index (χ1n) is 18.7. The van der Waals surface area contributed by atoms with E-state index in [0.717, 1.165) is 11.4 Å². The van der Waals surface area contributed by atoms with Gasteiger partial charge in [-0.3, -0.25) is 4.55 Å². The fourth-order valence-electron chi connectivity index (χ4n) is 5.29. The van der Waals surface area contributed by atoms with Crippen LogP contribution in [0, 0.1) is 0 Å². The molecule has 0 atom stereocenters. The number of likely N-dealkylation sites (N-methyl/N-ethyl adjacent to an activating group) is 2. The van der Waals surface area contributed by atoms with Gasteiger partial charge in [-0.15, -0.1) is 4.33 Å². The zero-order valence-electron chi connectivity index (χ0n) is 34.0. The van der Waals surface area contributed by atoms with Crippen LogP contribution in [0.5, 0.6) is 12.0 Å². The van der Waals surface area contributed by atoms with Gasteiger partial charge < -0.3 is 40.5 Å². The zero-order chi connectivity index (χ0) is 43.9. The maximum atomic E-state index is 12.7. The van der Waals surface area contributed by atoms with Gasteiger partial charge >= 0.3 is 12.0 Å². The Morgan fingerprint density at radius 2 is 1.03 bits per heavy atom. The predicted octanol–water partition coefficient (Wildman–Crippen LogP) is 6.76. The number of hydrogen-bond donors (Lipinski definition) is 6. The first-order chi connectivity index (χ1) is 29.9. The lowest BCUT2D eigenvalue weighted by Crippen LogP contribution is -2.20. The summed E-state index contributed by atoms with van der Waals surface area (Å²) in [5.41, 5.74) is 2.89. The van der Waals surface area contributed by atoms with Crippen LogP contribution in [0.25, 0.3) is 12.2 Å². The topological polar surface area (TPSA) is 243 Å². The molecule has 22 heteroatoms. The first-order valence-corrected chi connectivity index (χ1v) is 20.9. The van der Waals surface area contributed by atoms with E-state index >= 15 is 0 Å². The van der Waals surface area contributed by atoms with Crippen LogP contribution in [-0.4, -0.2) is 112 Å². The number of ether oxygens (including phenoxy) is 2. The molecular weight excluding hydrogens is 841 g/mol. The predicted molar refractivity (Wildman–Crippen MR) is 236 cm³/mol. The van der Waals surface area contributed by atoms with Gasteiger partial charge in [0.1, 0.15) is 18.1 Å². The summed E-state index contributed by atoms with van der Waals surface area (Å²) in [5, 5.41) is 25.2. The summed E-state index contributed by atoms with van der Waals surface area (Å²) in [6.45, 7) is 1.87. The van der Waals surface area contributed by atoms with Crippen molar-refractivity contribution in [2.45, 2.75) is 9.79 Å². The molecule has 0 fully saturated rings. The molecule has 0 unspecified atom stereocenters. The van der Waals surface area contributed by atoms with Gasteiger partial charge in [-0.25, -0.2) is 5.26 Å². The zero-order valence-corrected chi connectivity index (χ0v) is 35.6. The van der Waals surface area contributed by atoms with Crippen molar-refractivity contribution >= 4 is 80.9 Å². The number of para-hydroxylation sites is 2. The Labute approximate surface area is 362 Å². The van der Waals surface area contributed by atoms with E-state index in [9.17, 15) is 13.0 Å². The third-order valence-corrected chi connectivity index (χ3v) is 9.81. The molecule has 0 aliphatic carbocycles. The SMILES string of the molecule is CN(C)CCOc1nc(Nc2ccccc2)nc(Nc2ccc(C=Cc3ccc(Nc4nc(Nc5ccccc5)nc(OCCN(C)C)n4)cc3S(=O)(=O)O)c(SOOO)c2)n1. The van der Waals surface area contributed by atoms with Crippen LogP contribution in [0.4, 0.5) is 46.5 Å². The third kappa shape index (κ3) is 14.0. The highest BCUT2D eigenvalue weighted by Gasteiger charge is 2.18. The molecule has 0 bridgehead atoms. The minimum atomic E-state index is -4.75. The van der Waals surface area contributed by atoms with Crippen molar-refractivity contribution in [3.05, 3.63) is 108 Å². The Hall–Kier alpha value is -6.50. The van der Waals surface area contributed by atoms with Gasteiger partial charge in [-0.2, -0.15) is 38.3 Å². The van der Waals surface area contributed by atoms with Crippen molar-refractivity contribution in [3.63, 3.8) is 0 Å². The monoisotopic (exact) mass is 884 g/mol. The molecule has 62 heavy (non-hydrogen) atoms.